The molecular formula is C29H36FN5O4S. The topological polar surface area (TPSA) is 128 Å². The van der Waals surface area contributed by atoms with Crippen molar-refractivity contribution in [1.29, 1.82) is 0 Å². The van der Waals surface area contributed by atoms with E-state index in [1.54, 1.807) is 12.1 Å². The molecule has 1 aromatic carbocycles. The van der Waals surface area contributed by atoms with Gasteiger partial charge in [-0.2, -0.15) is 8.42 Å². The molecule has 0 saturated carbocycles. The number of benzene rings is 1. The van der Waals surface area contributed by atoms with E-state index < -0.39 is 21.7 Å². The summed E-state index contributed by atoms with van der Waals surface area (Å²) in [4.78, 5) is 24.2. The van der Waals surface area contributed by atoms with Crippen LogP contribution in [0.3, 0.4) is 0 Å². The number of carbonyl (C=O) groups is 1. The molecule has 1 fully saturated rings. The van der Waals surface area contributed by atoms with Crippen LogP contribution in [0.4, 0.5) is 16.0 Å². The van der Waals surface area contributed by atoms with Crippen LogP contribution in [0.15, 0.2) is 53.6 Å². The van der Waals surface area contributed by atoms with E-state index >= 15 is 0 Å². The Kier molecular flexibility index (Phi) is 8.34. The summed E-state index contributed by atoms with van der Waals surface area (Å²) in [6, 6.07) is 11.6. The molecule has 3 aromatic rings. The molecule has 2 aromatic heterocycles. The second-order valence-corrected chi connectivity index (χ2v) is 12.7. The lowest BCUT2D eigenvalue weighted by atomic mass is 9.92. The normalized spacial score (nSPS) is 19.2. The Labute approximate surface area is 235 Å². The number of sulfonamides is 1. The van der Waals surface area contributed by atoms with Crippen LogP contribution in [0.5, 0.6) is 5.75 Å². The average Bonchev–Trinajstić information content (AvgIpc) is 3.20. The summed E-state index contributed by atoms with van der Waals surface area (Å²) in [5, 5.41) is -0.367. The van der Waals surface area contributed by atoms with Gasteiger partial charge in [0.1, 0.15) is 23.2 Å². The highest BCUT2D eigenvalue weighted by Gasteiger charge is 2.41. The van der Waals surface area contributed by atoms with Crippen LogP contribution in [0.1, 0.15) is 57.8 Å². The summed E-state index contributed by atoms with van der Waals surface area (Å²) in [5.41, 5.74) is 6.32. The zero-order chi connectivity index (χ0) is 29.2. The summed E-state index contributed by atoms with van der Waals surface area (Å²) in [7, 11) is -4.31. The number of aromatic nitrogens is 2. The predicted octanol–water partition coefficient (Wildman–Crippen LogP) is 5.03. The largest absolute Gasteiger partial charge is 0.493 e. The fourth-order valence-electron chi connectivity index (χ4n) is 4.99. The second kappa shape index (κ2) is 11.4. The van der Waals surface area contributed by atoms with E-state index in [0.717, 1.165) is 12.8 Å². The Hall–Kier alpha value is -3.73. The first-order valence-corrected chi connectivity index (χ1v) is 14.8. The van der Waals surface area contributed by atoms with Gasteiger partial charge in [-0.25, -0.2) is 19.1 Å². The number of ether oxygens (including phenoxy) is 1. The number of pyridine rings is 2. The molecule has 3 N–H and O–H groups in total. The third kappa shape index (κ3) is 6.35. The van der Waals surface area contributed by atoms with E-state index in [1.165, 1.54) is 36.4 Å². The lowest BCUT2D eigenvalue weighted by molar-refractivity contribution is 0.0981. The Bertz CT molecular complexity index is 1510. The lowest BCUT2D eigenvalue weighted by Gasteiger charge is -2.36. The number of anilines is 2. The van der Waals surface area contributed by atoms with E-state index in [-0.39, 0.29) is 27.9 Å². The minimum absolute atomic E-state index is 0.0126. The summed E-state index contributed by atoms with van der Waals surface area (Å²) in [6.45, 7) is 11.3. The van der Waals surface area contributed by atoms with Crippen molar-refractivity contribution in [2.45, 2.75) is 58.0 Å². The first-order valence-electron chi connectivity index (χ1n) is 13.3. The van der Waals surface area contributed by atoms with Gasteiger partial charge in [-0.15, -0.1) is 0 Å². The van der Waals surface area contributed by atoms with Crippen molar-refractivity contribution in [1.82, 2.24) is 14.7 Å². The zero-order valence-electron chi connectivity index (χ0n) is 23.4. The molecule has 1 amide bonds. The molecule has 1 aliphatic heterocycles. The number of nitrogens with one attached hydrogen (secondary N) is 1. The third-order valence-corrected chi connectivity index (χ3v) is 8.30. The van der Waals surface area contributed by atoms with Crippen molar-refractivity contribution in [3.05, 3.63) is 59.9 Å². The maximum absolute atomic E-state index is 14.6. The van der Waals surface area contributed by atoms with E-state index in [4.69, 9.17) is 15.5 Å². The molecular weight excluding hydrogens is 533 g/mol. The fourth-order valence-corrected chi connectivity index (χ4v) is 5.94. The second-order valence-electron chi connectivity index (χ2n) is 11.1. The SMILES string of the molecule is CCC1(C)C[C@@H](C)CN1c1nc(-c2cc(F)cc(OCC(C)C)c2)ccc1C(=O)NS(=O)(=O)c1cccc(N)n1. The highest BCUT2D eigenvalue weighted by atomic mass is 32.2. The predicted molar refractivity (Wildman–Crippen MR) is 153 cm³/mol. The van der Waals surface area contributed by atoms with Crippen LogP contribution < -0.4 is 20.1 Å². The number of nitrogen functional groups attached to an aromatic ring is 1. The Morgan fingerprint density at radius 2 is 1.98 bits per heavy atom. The number of carbonyl (C=O) groups excluding carboxylic acids is 1. The number of nitrogens with zero attached hydrogens (tertiary/aromatic N) is 3. The van der Waals surface area contributed by atoms with Crippen molar-refractivity contribution in [3.63, 3.8) is 0 Å². The molecule has 40 heavy (non-hydrogen) atoms. The quantitative estimate of drug-likeness (QED) is 0.367. The molecule has 1 saturated heterocycles. The van der Waals surface area contributed by atoms with Crippen LogP contribution in [0, 0.1) is 17.7 Å². The van der Waals surface area contributed by atoms with Gasteiger partial charge in [-0.3, -0.25) is 4.79 Å². The van der Waals surface area contributed by atoms with Crippen LogP contribution >= 0.6 is 0 Å². The van der Waals surface area contributed by atoms with Gasteiger partial charge in [0.15, 0.2) is 5.03 Å². The number of halogens is 1. The Morgan fingerprint density at radius 1 is 1.23 bits per heavy atom. The standard InChI is InChI=1S/C29H36FN5O4S/c1-6-29(5)15-19(4)16-35(29)27-23(28(36)34-40(37,38)26-9-7-8-25(31)33-26)10-11-24(32-27)20-12-21(30)14-22(13-20)39-17-18(2)3/h7-14,18-19H,6,15-17H2,1-5H3,(H2,31,33)(H,34,36)/t19-,29?/m1/s1. The van der Waals surface area contributed by atoms with Crippen LogP contribution in [-0.4, -0.2) is 43.0 Å². The molecule has 214 valence electrons. The van der Waals surface area contributed by atoms with Gasteiger partial charge in [0, 0.05) is 23.7 Å². The Balaban J connectivity index is 1.79. The lowest BCUT2D eigenvalue weighted by Crippen LogP contribution is -2.43. The summed E-state index contributed by atoms with van der Waals surface area (Å²) in [5.74, 6) is -0.0322. The van der Waals surface area contributed by atoms with Gasteiger partial charge < -0.3 is 15.4 Å². The Morgan fingerprint density at radius 3 is 2.65 bits per heavy atom. The summed E-state index contributed by atoms with van der Waals surface area (Å²) < 4.78 is 48.4. The van der Waals surface area contributed by atoms with Crippen LogP contribution in [0.25, 0.3) is 11.3 Å². The monoisotopic (exact) mass is 569 g/mol. The van der Waals surface area contributed by atoms with Gasteiger partial charge in [-0.1, -0.05) is 33.8 Å². The molecule has 0 spiro atoms. The third-order valence-electron chi connectivity index (χ3n) is 7.07. The fraction of sp³-hybridized carbons (Fsp3) is 0.414. The van der Waals surface area contributed by atoms with Crippen molar-refractivity contribution in [2.24, 2.45) is 11.8 Å². The highest BCUT2D eigenvalue weighted by molar-refractivity contribution is 7.90. The van der Waals surface area contributed by atoms with Gasteiger partial charge >= 0.3 is 0 Å². The number of hydrogen-bond acceptors (Lipinski definition) is 8. The maximum Gasteiger partial charge on any atom is 0.281 e. The number of nitrogens with two attached hydrogens (primary N) is 1. The minimum Gasteiger partial charge on any atom is -0.493 e. The van der Waals surface area contributed by atoms with Crippen molar-refractivity contribution in [2.75, 3.05) is 23.8 Å². The molecule has 0 aliphatic carbocycles. The smallest absolute Gasteiger partial charge is 0.281 e. The van der Waals surface area contributed by atoms with Gasteiger partial charge in [0.2, 0.25) is 0 Å². The van der Waals surface area contributed by atoms with Crippen molar-refractivity contribution < 1.29 is 22.3 Å². The minimum atomic E-state index is -4.31. The van der Waals surface area contributed by atoms with Crippen molar-refractivity contribution >= 4 is 27.6 Å². The average molecular weight is 570 g/mol. The highest BCUT2D eigenvalue weighted by Crippen LogP contribution is 2.40. The molecule has 9 nitrogen and oxygen atoms in total. The van der Waals surface area contributed by atoms with E-state index in [9.17, 15) is 17.6 Å². The molecule has 3 heterocycles. The molecule has 2 atom stereocenters. The van der Waals surface area contributed by atoms with Crippen LogP contribution in [-0.2, 0) is 10.0 Å². The zero-order valence-corrected chi connectivity index (χ0v) is 24.3. The summed E-state index contributed by atoms with van der Waals surface area (Å²) in [6.07, 6.45) is 1.65. The van der Waals surface area contributed by atoms with E-state index in [1.807, 2.05) is 13.8 Å². The number of rotatable bonds is 9. The first kappa shape index (κ1) is 29.3. The first-order chi connectivity index (χ1) is 18.8. The molecule has 11 heteroatoms. The number of hydrogen-bond donors (Lipinski definition) is 2. The van der Waals surface area contributed by atoms with Crippen molar-refractivity contribution in [3.8, 4) is 17.0 Å². The molecule has 1 unspecified atom stereocenters. The van der Waals surface area contributed by atoms with Gasteiger partial charge in [0.25, 0.3) is 15.9 Å². The number of amides is 1. The van der Waals surface area contributed by atoms with Crippen LogP contribution in [0.2, 0.25) is 0 Å². The van der Waals surface area contributed by atoms with E-state index in [2.05, 4.69) is 35.4 Å². The molecule has 1 aliphatic rings. The maximum atomic E-state index is 14.6. The molecule has 0 radical (unpaired) electrons. The van der Waals surface area contributed by atoms with Gasteiger partial charge in [0.05, 0.1) is 17.9 Å². The van der Waals surface area contributed by atoms with Gasteiger partial charge in [-0.05, 0) is 68.0 Å². The molecule has 4 rings (SSSR count). The summed E-state index contributed by atoms with van der Waals surface area (Å²) >= 11 is 0. The molecule has 0 bridgehead atoms. The van der Waals surface area contributed by atoms with E-state index in [0.29, 0.717) is 41.9 Å².